The molecule has 7 nitrogen and oxygen atoms in total. The van der Waals surface area contributed by atoms with Gasteiger partial charge in [-0.15, -0.1) is 0 Å². The van der Waals surface area contributed by atoms with Crippen molar-refractivity contribution >= 4 is 11.9 Å². The SMILES string of the molecule is COC(=O)C(C)(C)COc1c(-c2ccc3c(c2)CNC3=O)ccc(OC)c1OC. The van der Waals surface area contributed by atoms with Gasteiger partial charge in [0.05, 0.1) is 26.7 Å². The Bertz CT molecular complexity index is 951. The first-order valence-electron chi connectivity index (χ1n) is 9.20. The van der Waals surface area contributed by atoms with Crippen molar-refractivity contribution in [2.45, 2.75) is 20.4 Å². The highest BCUT2D eigenvalue weighted by atomic mass is 16.5. The fourth-order valence-corrected chi connectivity index (χ4v) is 3.26. The van der Waals surface area contributed by atoms with E-state index in [-0.39, 0.29) is 18.5 Å². The molecule has 0 atom stereocenters. The lowest BCUT2D eigenvalue weighted by atomic mass is 9.95. The van der Waals surface area contributed by atoms with Crippen LogP contribution in [0.3, 0.4) is 0 Å². The fraction of sp³-hybridized carbons (Fsp3) is 0.364. The van der Waals surface area contributed by atoms with Gasteiger partial charge < -0.3 is 24.3 Å². The standard InChI is InChI=1S/C22H25NO6/c1-22(2,21(25)28-5)12-29-18-15(8-9-17(26-3)19(18)27-4)13-6-7-16-14(10-13)11-23-20(16)24/h6-10H,11-12H2,1-5H3,(H,23,24). The van der Waals surface area contributed by atoms with Crippen LogP contribution < -0.4 is 19.5 Å². The molecule has 1 heterocycles. The van der Waals surface area contributed by atoms with E-state index in [2.05, 4.69) is 5.32 Å². The van der Waals surface area contributed by atoms with Gasteiger partial charge in [0.2, 0.25) is 5.75 Å². The van der Waals surface area contributed by atoms with E-state index in [4.69, 9.17) is 18.9 Å². The van der Waals surface area contributed by atoms with Crippen LogP contribution >= 0.6 is 0 Å². The van der Waals surface area contributed by atoms with Crippen molar-refractivity contribution in [3.05, 3.63) is 41.5 Å². The van der Waals surface area contributed by atoms with Gasteiger partial charge in [-0.2, -0.15) is 0 Å². The molecule has 154 valence electrons. The number of rotatable bonds is 7. The zero-order valence-electron chi connectivity index (χ0n) is 17.3. The minimum Gasteiger partial charge on any atom is -0.493 e. The van der Waals surface area contributed by atoms with Gasteiger partial charge in [0.15, 0.2) is 11.5 Å². The number of hydrogen-bond acceptors (Lipinski definition) is 6. The molecule has 2 aromatic carbocycles. The average molecular weight is 399 g/mol. The van der Waals surface area contributed by atoms with Crippen molar-refractivity contribution in [1.82, 2.24) is 5.32 Å². The summed E-state index contributed by atoms with van der Waals surface area (Å²) >= 11 is 0. The number of methoxy groups -OCH3 is 3. The molecule has 0 bridgehead atoms. The molecule has 1 aliphatic heterocycles. The predicted molar refractivity (Wildman–Crippen MR) is 107 cm³/mol. The van der Waals surface area contributed by atoms with Crippen LogP contribution in [-0.4, -0.2) is 39.8 Å². The third kappa shape index (κ3) is 3.85. The van der Waals surface area contributed by atoms with E-state index in [1.807, 2.05) is 18.2 Å². The molecule has 0 fully saturated rings. The van der Waals surface area contributed by atoms with Gasteiger partial charge in [0.1, 0.15) is 6.61 Å². The topological polar surface area (TPSA) is 83.1 Å². The number of benzene rings is 2. The Morgan fingerprint density at radius 2 is 1.76 bits per heavy atom. The second-order valence-corrected chi connectivity index (χ2v) is 7.40. The quantitative estimate of drug-likeness (QED) is 0.720. The molecule has 0 aromatic heterocycles. The number of ether oxygens (including phenoxy) is 4. The first-order valence-corrected chi connectivity index (χ1v) is 9.20. The lowest BCUT2D eigenvalue weighted by Crippen LogP contribution is -2.32. The zero-order valence-corrected chi connectivity index (χ0v) is 17.3. The van der Waals surface area contributed by atoms with E-state index in [1.54, 1.807) is 33.1 Å². The van der Waals surface area contributed by atoms with Crippen LogP contribution in [0.5, 0.6) is 17.2 Å². The molecule has 29 heavy (non-hydrogen) atoms. The normalized spacial score (nSPS) is 12.8. The van der Waals surface area contributed by atoms with Crippen molar-refractivity contribution in [3.8, 4) is 28.4 Å². The van der Waals surface area contributed by atoms with E-state index in [0.717, 1.165) is 16.7 Å². The van der Waals surface area contributed by atoms with Crippen LogP contribution in [0.25, 0.3) is 11.1 Å². The summed E-state index contributed by atoms with van der Waals surface area (Å²) in [6.45, 7) is 4.07. The number of carbonyl (C=O) groups excluding carboxylic acids is 2. The maximum Gasteiger partial charge on any atom is 0.314 e. The second-order valence-electron chi connectivity index (χ2n) is 7.40. The van der Waals surface area contributed by atoms with Crippen LogP contribution in [0.1, 0.15) is 29.8 Å². The summed E-state index contributed by atoms with van der Waals surface area (Å²) in [6.07, 6.45) is 0. The number of carbonyl (C=O) groups is 2. The Balaban J connectivity index is 2.06. The molecule has 0 radical (unpaired) electrons. The van der Waals surface area contributed by atoms with Gasteiger partial charge in [-0.05, 0) is 49.2 Å². The van der Waals surface area contributed by atoms with Crippen LogP contribution in [0.2, 0.25) is 0 Å². The summed E-state index contributed by atoms with van der Waals surface area (Å²) in [7, 11) is 4.43. The Hall–Kier alpha value is -3.22. The second kappa shape index (κ2) is 8.03. The van der Waals surface area contributed by atoms with E-state index in [9.17, 15) is 9.59 Å². The number of esters is 1. The third-order valence-electron chi connectivity index (χ3n) is 4.92. The van der Waals surface area contributed by atoms with Gasteiger partial charge in [-0.1, -0.05) is 6.07 Å². The molecule has 1 aliphatic rings. The smallest absolute Gasteiger partial charge is 0.314 e. The number of nitrogens with one attached hydrogen (secondary N) is 1. The highest BCUT2D eigenvalue weighted by molar-refractivity contribution is 5.99. The molecule has 0 spiro atoms. The average Bonchev–Trinajstić information content (AvgIpc) is 3.10. The molecule has 0 aliphatic carbocycles. The first-order chi connectivity index (χ1) is 13.8. The largest absolute Gasteiger partial charge is 0.493 e. The van der Waals surface area contributed by atoms with Crippen molar-refractivity contribution in [3.63, 3.8) is 0 Å². The van der Waals surface area contributed by atoms with Gasteiger partial charge >= 0.3 is 5.97 Å². The third-order valence-corrected chi connectivity index (χ3v) is 4.92. The Kier molecular flexibility index (Phi) is 5.68. The molecule has 0 unspecified atom stereocenters. The van der Waals surface area contributed by atoms with Crippen LogP contribution in [-0.2, 0) is 16.1 Å². The minimum absolute atomic E-state index is 0.0739. The van der Waals surface area contributed by atoms with Crippen molar-refractivity contribution < 1.29 is 28.5 Å². The molecule has 2 aromatic rings. The van der Waals surface area contributed by atoms with E-state index < -0.39 is 5.41 Å². The molecule has 3 rings (SSSR count). The van der Waals surface area contributed by atoms with E-state index in [1.165, 1.54) is 14.2 Å². The van der Waals surface area contributed by atoms with Gasteiger partial charge in [0.25, 0.3) is 5.91 Å². The van der Waals surface area contributed by atoms with E-state index >= 15 is 0 Å². The Morgan fingerprint density at radius 3 is 2.41 bits per heavy atom. The molecular weight excluding hydrogens is 374 g/mol. The van der Waals surface area contributed by atoms with Gasteiger partial charge in [-0.3, -0.25) is 9.59 Å². The summed E-state index contributed by atoms with van der Waals surface area (Å²) in [4.78, 5) is 23.9. The monoisotopic (exact) mass is 399 g/mol. The van der Waals surface area contributed by atoms with Crippen LogP contribution in [0, 0.1) is 5.41 Å². The van der Waals surface area contributed by atoms with Gasteiger partial charge in [-0.25, -0.2) is 0 Å². The fourth-order valence-electron chi connectivity index (χ4n) is 3.26. The first kappa shape index (κ1) is 20.5. The van der Waals surface area contributed by atoms with Gasteiger partial charge in [0, 0.05) is 17.7 Å². The molecule has 1 amide bonds. The lowest BCUT2D eigenvalue weighted by Gasteiger charge is -2.24. The molecule has 7 heteroatoms. The Labute approximate surface area is 169 Å². The highest BCUT2D eigenvalue weighted by Gasteiger charge is 2.31. The van der Waals surface area contributed by atoms with Crippen LogP contribution in [0.4, 0.5) is 0 Å². The molecule has 0 saturated carbocycles. The lowest BCUT2D eigenvalue weighted by molar-refractivity contribution is -0.152. The molecule has 0 saturated heterocycles. The van der Waals surface area contributed by atoms with E-state index in [0.29, 0.717) is 29.4 Å². The predicted octanol–water partition coefficient (Wildman–Crippen LogP) is 3.19. The van der Waals surface area contributed by atoms with Crippen molar-refractivity contribution in [1.29, 1.82) is 0 Å². The Morgan fingerprint density at radius 1 is 1.03 bits per heavy atom. The minimum atomic E-state index is -0.853. The zero-order chi connectivity index (χ0) is 21.2. The summed E-state index contributed by atoms with van der Waals surface area (Å²) in [6, 6.07) is 9.28. The summed E-state index contributed by atoms with van der Waals surface area (Å²) in [5.74, 6) is 0.958. The molecular formula is C22H25NO6. The van der Waals surface area contributed by atoms with Crippen LogP contribution in [0.15, 0.2) is 30.3 Å². The van der Waals surface area contributed by atoms with Crippen molar-refractivity contribution in [2.75, 3.05) is 27.9 Å². The maximum atomic E-state index is 12.0. The summed E-state index contributed by atoms with van der Waals surface area (Å²) in [5, 5.41) is 2.82. The summed E-state index contributed by atoms with van der Waals surface area (Å²) < 4.78 is 21.9. The van der Waals surface area contributed by atoms with Crippen molar-refractivity contribution in [2.24, 2.45) is 5.41 Å². The summed E-state index contributed by atoms with van der Waals surface area (Å²) in [5.41, 5.74) is 2.37. The molecule has 1 N–H and O–H groups in total. The highest BCUT2D eigenvalue weighted by Crippen LogP contribution is 2.45. The number of amides is 1. The maximum absolute atomic E-state index is 12.0. The number of hydrogen-bond donors (Lipinski definition) is 1. The number of fused-ring (bicyclic) bond motifs is 1.